The van der Waals surface area contributed by atoms with Gasteiger partial charge >= 0.3 is 0 Å². The van der Waals surface area contributed by atoms with Gasteiger partial charge in [0.25, 0.3) is 0 Å². The van der Waals surface area contributed by atoms with Crippen molar-refractivity contribution in [2.45, 2.75) is 12.3 Å². The Morgan fingerprint density at radius 2 is 2.35 bits per heavy atom. The Morgan fingerprint density at radius 1 is 1.41 bits per heavy atom. The maximum Gasteiger partial charge on any atom is 0.180 e. The van der Waals surface area contributed by atoms with Gasteiger partial charge in [0.05, 0.1) is 5.69 Å². The highest BCUT2D eigenvalue weighted by Gasteiger charge is 2.26. The van der Waals surface area contributed by atoms with Crippen LogP contribution in [-0.4, -0.2) is 23.1 Å². The van der Waals surface area contributed by atoms with Crippen LogP contribution in [0.3, 0.4) is 0 Å². The summed E-state index contributed by atoms with van der Waals surface area (Å²) in [5.74, 6) is 1.55. The molecule has 5 heteroatoms. The Morgan fingerprint density at radius 3 is 3.06 bits per heavy atom. The molecule has 1 atom stereocenters. The molecule has 2 N–H and O–H groups in total. The molecule has 1 fully saturated rings. The van der Waals surface area contributed by atoms with Gasteiger partial charge in [-0.25, -0.2) is 9.97 Å². The molecule has 2 aromatic rings. The molecule has 0 radical (unpaired) electrons. The summed E-state index contributed by atoms with van der Waals surface area (Å²) in [5.41, 5.74) is 6.80. The molecule has 1 aliphatic heterocycles. The van der Waals surface area contributed by atoms with Gasteiger partial charge < -0.3 is 10.6 Å². The maximum atomic E-state index is 5.67. The van der Waals surface area contributed by atoms with Crippen LogP contribution in [0.25, 0.3) is 0 Å². The largest absolute Gasteiger partial charge is 0.375 e. The minimum Gasteiger partial charge on any atom is -0.375 e. The van der Waals surface area contributed by atoms with Crippen molar-refractivity contribution in [3.05, 3.63) is 35.5 Å². The Balaban J connectivity index is 1.74. The molecule has 0 bridgehead atoms. The summed E-state index contributed by atoms with van der Waals surface area (Å²) in [6, 6.07) is 6.02. The number of hydrogen-bond acceptors (Lipinski definition) is 5. The van der Waals surface area contributed by atoms with Gasteiger partial charge in [-0.2, -0.15) is 0 Å². The smallest absolute Gasteiger partial charge is 0.180 e. The lowest BCUT2D eigenvalue weighted by Gasteiger charge is -2.16. The van der Waals surface area contributed by atoms with Crippen LogP contribution in [0.4, 0.5) is 10.9 Å². The first kappa shape index (κ1) is 10.5. The zero-order valence-corrected chi connectivity index (χ0v) is 10.2. The molecule has 3 rings (SSSR count). The molecule has 88 valence electrons. The maximum absolute atomic E-state index is 5.67. The van der Waals surface area contributed by atoms with Crippen LogP contribution in [0.2, 0.25) is 0 Å². The van der Waals surface area contributed by atoms with Crippen LogP contribution in [0, 0.1) is 0 Å². The minimum atomic E-state index is 0.491. The predicted octanol–water partition coefficient (Wildman–Crippen LogP) is 2.11. The molecule has 3 heterocycles. The first-order chi connectivity index (χ1) is 8.33. The number of aromatic nitrogens is 2. The van der Waals surface area contributed by atoms with Gasteiger partial charge in [-0.05, 0) is 18.6 Å². The first-order valence-electron chi connectivity index (χ1n) is 5.70. The molecule has 1 saturated heterocycles. The predicted molar refractivity (Wildman–Crippen MR) is 70.3 cm³/mol. The van der Waals surface area contributed by atoms with E-state index in [0.29, 0.717) is 11.0 Å². The van der Waals surface area contributed by atoms with Crippen molar-refractivity contribution in [1.82, 2.24) is 9.97 Å². The van der Waals surface area contributed by atoms with Crippen LogP contribution < -0.4 is 10.6 Å². The Kier molecular flexibility index (Phi) is 2.68. The number of rotatable bonds is 2. The number of nitrogens with two attached hydrogens (primary N) is 1. The fourth-order valence-corrected chi connectivity index (χ4v) is 2.88. The second kappa shape index (κ2) is 4.33. The Bertz CT molecular complexity index is 496. The molecule has 0 amide bonds. The van der Waals surface area contributed by atoms with E-state index in [1.165, 1.54) is 11.3 Å². The van der Waals surface area contributed by atoms with Crippen LogP contribution in [0.15, 0.2) is 29.8 Å². The fraction of sp³-hybridized carbons (Fsp3) is 0.333. The van der Waals surface area contributed by atoms with Crippen molar-refractivity contribution in [3.8, 4) is 0 Å². The molecule has 0 aliphatic carbocycles. The van der Waals surface area contributed by atoms with Crippen LogP contribution in [-0.2, 0) is 0 Å². The van der Waals surface area contributed by atoms with Gasteiger partial charge in [0.2, 0.25) is 0 Å². The number of nitrogen functional groups attached to an aromatic ring is 1. The van der Waals surface area contributed by atoms with E-state index in [1.807, 2.05) is 18.3 Å². The minimum absolute atomic E-state index is 0.491. The third-order valence-corrected chi connectivity index (χ3v) is 3.81. The van der Waals surface area contributed by atoms with Gasteiger partial charge in [-0.1, -0.05) is 6.07 Å². The molecule has 17 heavy (non-hydrogen) atoms. The summed E-state index contributed by atoms with van der Waals surface area (Å²) < 4.78 is 0. The standard InChI is InChI=1S/C12H14N4S/c13-12-15-10(8-17-12)9-4-6-16(7-9)11-3-1-2-5-14-11/h1-3,5,8-9H,4,6-7H2,(H2,13,15). The highest BCUT2D eigenvalue weighted by molar-refractivity contribution is 7.13. The average Bonchev–Trinajstić information content (AvgIpc) is 2.98. The van der Waals surface area contributed by atoms with Crippen molar-refractivity contribution in [3.63, 3.8) is 0 Å². The molecule has 0 saturated carbocycles. The zero-order valence-electron chi connectivity index (χ0n) is 9.41. The topological polar surface area (TPSA) is 55.0 Å². The van der Waals surface area contributed by atoms with E-state index in [0.717, 1.165) is 31.0 Å². The molecule has 0 spiro atoms. The number of pyridine rings is 1. The van der Waals surface area contributed by atoms with Crippen molar-refractivity contribution < 1.29 is 0 Å². The van der Waals surface area contributed by atoms with Gasteiger partial charge in [0.1, 0.15) is 5.82 Å². The number of thiazole rings is 1. The first-order valence-corrected chi connectivity index (χ1v) is 6.58. The molecule has 1 unspecified atom stereocenters. The van der Waals surface area contributed by atoms with E-state index in [-0.39, 0.29) is 0 Å². The molecular formula is C12H14N4S. The summed E-state index contributed by atoms with van der Waals surface area (Å²) in [5, 5.41) is 2.73. The SMILES string of the molecule is Nc1nc(C2CCN(c3ccccn3)C2)cs1. The molecular weight excluding hydrogens is 232 g/mol. The van der Waals surface area contributed by atoms with E-state index in [2.05, 4.69) is 26.3 Å². The molecule has 0 aromatic carbocycles. The Labute approximate surface area is 104 Å². The van der Waals surface area contributed by atoms with Crippen LogP contribution in [0.1, 0.15) is 18.0 Å². The lowest BCUT2D eigenvalue weighted by molar-refractivity contribution is 0.751. The highest BCUT2D eigenvalue weighted by Crippen LogP contribution is 2.30. The summed E-state index contributed by atoms with van der Waals surface area (Å²) in [7, 11) is 0. The summed E-state index contributed by atoms with van der Waals surface area (Å²) in [6.45, 7) is 2.03. The fourth-order valence-electron chi connectivity index (χ4n) is 2.24. The lowest BCUT2D eigenvalue weighted by Crippen LogP contribution is -2.20. The number of nitrogens with zero attached hydrogens (tertiary/aromatic N) is 3. The Hall–Kier alpha value is -1.62. The van der Waals surface area contributed by atoms with E-state index in [4.69, 9.17) is 5.73 Å². The van der Waals surface area contributed by atoms with E-state index < -0.39 is 0 Å². The third kappa shape index (κ3) is 2.10. The van der Waals surface area contributed by atoms with Gasteiger partial charge in [0.15, 0.2) is 5.13 Å². The summed E-state index contributed by atoms with van der Waals surface area (Å²) >= 11 is 1.52. The van der Waals surface area contributed by atoms with E-state index in [9.17, 15) is 0 Å². The molecule has 2 aromatic heterocycles. The summed E-state index contributed by atoms with van der Waals surface area (Å²) in [4.78, 5) is 11.1. The van der Waals surface area contributed by atoms with Crippen molar-refractivity contribution in [1.29, 1.82) is 0 Å². The average molecular weight is 246 g/mol. The second-order valence-corrected chi connectivity index (χ2v) is 5.12. The van der Waals surface area contributed by atoms with E-state index >= 15 is 0 Å². The highest BCUT2D eigenvalue weighted by atomic mass is 32.1. The van der Waals surface area contributed by atoms with Gasteiger partial charge in [-0.3, -0.25) is 0 Å². The van der Waals surface area contributed by atoms with Crippen LogP contribution >= 0.6 is 11.3 Å². The van der Waals surface area contributed by atoms with E-state index in [1.54, 1.807) is 0 Å². The van der Waals surface area contributed by atoms with Crippen molar-refractivity contribution in [2.24, 2.45) is 0 Å². The van der Waals surface area contributed by atoms with Crippen LogP contribution in [0.5, 0.6) is 0 Å². The quantitative estimate of drug-likeness (QED) is 0.881. The third-order valence-electron chi connectivity index (χ3n) is 3.12. The summed E-state index contributed by atoms with van der Waals surface area (Å²) in [6.07, 6.45) is 2.96. The monoisotopic (exact) mass is 246 g/mol. The molecule has 4 nitrogen and oxygen atoms in total. The van der Waals surface area contributed by atoms with Gasteiger partial charge in [0, 0.05) is 30.6 Å². The number of hydrogen-bond donors (Lipinski definition) is 1. The van der Waals surface area contributed by atoms with Gasteiger partial charge in [-0.15, -0.1) is 11.3 Å². The second-order valence-electron chi connectivity index (χ2n) is 4.23. The van der Waals surface area contributed by atoms with Crippen molar-refractivity contribution in [2.75, 3.05) is 23.7 Å². The lowest BCUT2D eigenvalue weighted by atomic mass is 10.1. The normalized spacial score (nSPS) is 19.8. The molecule has 1 aliphatic rings. The van der Waals surface area contributed by atoms with Crippen molar-refractivity contribution >= 4 is 22.3 Å². The number of anilines is 2. The zero-order chi connectivity index (χ0) is 11.7.